The van der Waals surface area contributed by atoms with E-state index < -0.39 is 34.9 Å². The summed E-state index contributed by atoms with van der Waals surface area (Å²) >= 11 is 9.50. The van der Waals surface area contributed by atoms with Gasteiger partial charge in [-0.1, -0.05) is 15.9 Å². The number of hydrogen-bond acceptors (Lipinski definition) is 4. The molecule has 0 N–H and O–H groups in total. The maximum atomic E-state index is 13.8. The highest BCUT2D eigenvalue weighted by Crippen LogP contribution is 2.32. The Morgan fingerprint density at radius 2 is 1.70 bits per heavy atom. The zero-order chi connectivity index (χ0) is 17.3. The van der Waals surface area contributed by atoms with Crippen molar-refractivity contribution >= 4 is 59.7 Å². The van der Waals surface area contributed by atoms with E-state index in [1.165, 1.54) is 6.07 Å². The van der Waals surface area contributed by atoms with Gasteiger partial charge in [0.1, 0.15) is 0 Å². The number of hydrogen-bond donors (Lipinski definition) is 0. The summed E-state index contributed by atoms with van der Waals surface area (Å²) in [5.74, 6) is -6.87. The summed E-state index contributed by atoms with van der Waals surface area (Å²) in [6.07, 6.45) is 0. The second kappa shape index (κ2) is 7.06. The van der Waals surface area contributed by atoms with Crippen LogP contribution in [0.4, 0.5) is 8.78 Å². The van der Waals surface area contributed by atoms with Crippen LogP contribution < -0.4 is 9.84 Å². The van der Waals surface area contributed by atoms with Crippen molar-refractivity contribution in [2.24, 2.45) is 0 Å². The number of rotatable bonds is 3. The number of carboxylic acid groups (broad SMARTS) is 1. The standard InChI is InChI=1S/C14H5Br3F2O4/c15-5-3-7(10(17)8(16)4-5)14(22)23-12-6(13(20)21)1-2-9(18)11(12)19/h1-4H,(H,20,21)/p-1. The average molecular weight is 514 g/mol. The van der Waals surface area contributed by atoms with Gasteiger partial charge in [0.05, 0.1) is 11.5 Å². The lowest BCUT2D eigenvalue weighted by molar-refractivity contribution is -0.255. The van der Waals surface area contributed by atoms with E-state index >= 15 is 0 Å². The van der Waals surface area contributed by atoms with Crippen molar-refractivity contribution in [2.45, 2.75) is 0 Å². The molecule has 0 radical (unpaired) electrons. The van der Waals surface area contributed by atoms with Crippen LogP contribution in [-0.4, -0.2) is 11.9 Å². The number of aromatic carboxylic acids is 1. The van der Waals surface area contributed by atoms with E-state index in [0.29, 0.717) is 19.5 Å². The van der Waals surface area contributed by atoms with Crippen LogP contribution in [0.2, 0.25) is 0 Å². The summed E-state index contributed by atoms with van der Waals surface area (Å²) in [6.45, 7) is 0. The molecule has 0 aliphatic rings. The Labute approximate surface area is 153 Å². The van der Waals surface area contributed by atoms with E-state index in [2.05, 4.69) is 47.8 Å². The van der Waals surface area contributed by atoms with Crippen molar-refractivity contribution in [3.63, 3.8) is 0 Å². The van der Waals surface area contributed by atoms with Crippen molar-refractivity contribution in [1.29, 1.82) is 0 Å². The molecule has 2 rings (SSSR count). The lowest BCUT2D eigenvalue weighted by Gasteiger charge is -2.13. The van der Waals surface area contributed by atoms with Gasteiger partial charge in [-0.15, -0.1) is 0 Å². The highest BCUT2D eigenvalue weighted by molar-refractivity contribution is 9.13. The van der Waals surface area contributed by atoms with Crippen LogP contribution in [0.5, 0.6) is 5.75 Å². The molecule has 2 aromatic carbocycles. The first-order chi connectivity index (χ1) is 10.7. The number of carbonyl (C=O) groups excluding carboxylic acids is 2. The van der Waals surface area contributed by atoms with Crippen molar-refractivity contribution in [1.82, 2.24) is 0 Å². The minimum atomic E-state index is -1.80. The van der Waals surface area contributed by atoms with E-state index in [0.717, 1.165) is 6.07 Å². The molecule has 0 amide bonds. The van der Waals surface area contributed by atoms with E-state index in [1.807, 2.05) is 0 Å². The molecule has 0 aliphatic carbocycles. The second-order valence-corrected chi connectivity index (χ2v) is 6.73. The minimum Gasteiger partial charge on any atom is -0.545 e. The van der Waals surface area contributed by atoms with Gasteiger partial charge in [-0.2, -0.15) is 4.39 Å². The van der Waals surface area contributed by atoms with Crippen LogP contribution >= 0.6 is 47.8 Å². The molecule has 0 fully saturated rings. The van der Waals surface area contributed by atoms with Crippen LogP contribution in [0, 0.1) is 11.6 Å². The Hall–Kier alpha value is -1.32. The Balaban J connectivity index is 2.50. The zero-order valence-electron chi connectivity index (χ0n) is 10.8. The third kappa shape index (κ3) is 3.78. The summed E-state index contributed by atoms with van der Waals surface area (Å²) in [5.41, 5.74) is -0.804. The molecular formula is C14H4Br3F2O4-. The Morgan fingerprint density at radius 1 is 1.04 bits per heavy atom. The number of halogens is 5. The molecule has 4 nitrogen and oxygen atoms in total. The number of esters is 1. The van der Waals surface area contributed by atoms with E-state index in [9.17, 15) is 23.5 Å². The third-order valence-corrected chi connectivity index (χ3v) is 5.15. The largest absolute Gasteiger partial charge is 0.545 e. The van der Waals surface area contributed by atoms with Crippen LogP contribution in [0.1, 0.15) is 20.7 Å². The van der Waals surface area contributed by atoms with Crippen molar-refractivity contribution in [3.8, 4) is 5.75 Å². The molecule has 9 heteroatoms. The summed E-state index contributed by atoms with van der Waals surface area (Å²) in [4.78, 5) is 23.1. The molecule has 0 spiro atoms. The molecule has 0 aliphatic heterocycles. The molecule has 0 saturated heterocycles. The van der Waals surface area contributed by atoms with Gasteiger partial charge in [-0.05, 0) is 56.1 Å². The monoisotopic (exact) mass is 511 g/mol. The minimum absolute atomic E-state index is 0.0285. The van der Waals surface area contributed by atoms with Gasteiger partial charge in [0.25, 0.3) is 0 Å². The molecule has 0 bridgehead atoms. The van der Waals surface area contributed by atoms with Crippen LogP contribution in [0.15, 0.2) is 37.7 Å². The van der Waals surface area contributed by atoms with E-state index in [1.54, 1.807) is 6.07 Å². The van der Waals surface area contributed by atoms with Gasteiger partial charge in [-0.3, -0.25) is 0 Å². The molecule has 0 aromatic heterocycles. The second-order valence-electron chi connectivity index (χ2n) is 4.16. The lowest BCUT2D eigenvalue weighted by Crippen LogP contribution is -2.24. The summed E-state index contributed by atoms with van der Waals surface area (Å²) in [7, 11) is 0. The topological polar surface area (TPSA) is 66.4 Å². The Morgan fingerprint density at radius 3 is 2.30 bits per heavy atom. The fraction of sp³-hybridized carbons (Fsp3) is 0. The maximum absolute atomic E-state index is 13.8. The zero-order valence-corrected chi connectivity index (χ0v) is 15.6. The van der Waals surface area contributed by atoms with Crippen LogP contribution in [0.25, 0.3) is 0 Å². The number of ether oxygens (including phenoxy) is 1. The molecule has 0 unspecified atom stereocenters. The van der Waals surface area contributed by atoms with Gasteiger partial charge in [0.15, 0.2) is 11.6 Å². The first-order valence-corrected chi connectivity index (χ1v) is 8.16. The van der Waals surface area contributed by atoms with Crippen LogP contribution in [-0.2, 0) is 0 Å². The number of carboxylic acids is 1. The summed E-state index contributed by atoms with van der Waals surface area (Å²) in [6, 6.07) is 4.36. The van der Waals surface area contributed by atoms with Gasteiger partial charge >= 0.3 is 5.97 Å². The fourth-order valence-electron chi connectivity index (χ4n) is 1.64. The number of benzene rings is 2. The fourth-order valence-corrected chi connectivity index (χ4v) is 3.26. The van der Waals surface area contributed by atoms with Gasteiger partial charge in [0.2, 0.25) is 5.82 Å². The predicted molar refractivity (Wildman–Crippen MR) is 85.2 cm³/mol. The van der Waals surface area contributed by atoms with Crippen molar-refractivity contribution in [3.05, 3.63) is 60.4 Å². The highest BCUT2D eigenvalue weighted by Gasteiger charge is 2.22. The first-order valence-electron chi connectivity index (χ1n) is 5.78. The SMILES string of the molecule is O=C(Oc1c(C(=O)[O-])ccc(F)c1F)c1cc(Br)cc(Br)c1Br. The lowest BCUT2D eigenvalue weighted by atomic mass is 10.2. The van der Waals surface area contributed by atoms with E-state index in [4.69, 9.17) is 4.74 Å². The van der Waals surface area contributed by atoms with Crippen LogP contribution in [0.3, 0.4) is 0 Å². The average Bonchev–Trinajstić information content (AvgIpc) is 2.47. The summed E-state index contributed by atoms with van der Waals surface area (Å²) in [5, 5.41) is 11.0. The smallest absolute Gasteiger partial charge is 0.344 e. The molecular weight excluding hydrogens is 510 g/mol. The Bertz CT molecular complexity index is 824. The maximum Gasteiger partial charge on any atom is 0.344 e. The third-order valence-electron chi connectivity index (χ3n) is 2.68. The summed E-state index contributed by atoms with van der Waals surface area (Å²) < 4.78 is 33.1. The molecule has 0 atom stereocenters. The molecule has 120 valence electrons. The van der Waals surface area contributed by atoms with Crippen molar-refractivity contribution < 1.29 is 28.2 Å². The van der Waals surface area contributed by atoms with Gasteiger partial charge in [-0.25, -0.2) is 9.18 Å². The molecule has 23 heavy (non-hydrogen) atoms. The predicted octanol–water partition coefficient (Wildman–Crippen LogP) is 3.83. The number of carbonyl (C=O) groups is 2. The quantitative estimate of drug-likeness (QED) is 0.355. The molecule has 2 aromatic rings. The molecule has 0 saturated carbocycles. The van der Waals surface area contributed by atoms with Gasteiger partial charge < -0.3 is 14.6 Å². The van der Waals surface area contributed by atoms with E-state index in [-0.39, 0.29) is 5.56 Å². The first kappa shape index (κ1) is 18.0. The normalized spacial score (nSPS) is 10.5. The van der Waals surface area contributed by atoms with Crippen molar-refractivity contribution in [2.75, 3.05) is 0 Å². The Kier molecular flexibility index (Phi) is 5.53. The molecule has 0 heterocycles. The highest BCUT2D eigenvalue weighted by atomic mass is 79.9. The van der Waals surface area contributed by atoms with Gasteiger partial charge in [0, 0.05) is 19.0 Å².